The van der Waals surface area contributed by atoms with Crippen molar-refractivity contribution in [1.29, 1.82) is 0 Å². The molecule has 0 saturated heterocycles. The van der Waals surface area contributed by atoms with Crippen LogP contribution in [-0.4, -0.2) is 4.57 Å². The van der Waals surface area contributed by atoms with Crippen LogP contribution in [0.5, 0.6) is 0 Å². The fourth-order valence-corrected chi connectivity index (χ4v) is 7.30. The van der Waals surface area contributed by atoms with Crippen molar-refractivity contribution in [2.45, 2.75) is 0 Å². The van der Waals surface area contributed by atoms with Crippen molar-refractivity contribution in [2.24, 2.45) is 0 Å². The number of rotatable bonds is 1. The van der Waals surface area contributed by atoms with Crippen LogP contribution in [0.2, 0.25) is 0 Å². The van der Waals surface area contributed by atoms with Crippen LogP contribution in [0.3, 0.4) is 0 Å². The summed E-state index contributed by atoms with van der Waals surface area (Å²) < 4.78 is 11.6. The fraction of sp³-hybridized carbons (Fsp3) is 0. The SMILES string of the molecule is c1ccc(-n2c3cc4c5ccccc5oc4c4ccc5c6sc7ccccc7c6cc2c5c43)cc1. The summed E-state index contributed by atoms with van der Waals surface area (Å²) in [5.74, 6) is 0. The van der Waals surface area contributed by atoms with Crippen LogP contribution in [0.15, 0.2) is 108 Å². The zero-order valence-electron chi connectivity index (χ0n) is 18.6. The molecule has 0 unspecified atom stereocenters. The Hall–Kier alpha value is -4.34. The summed E-state index contributed by atoms with van der Waals surface area (Å²) in [6.07, 6.45) is 0. The van der Waals surface area contributed by atoms with Gasteiger partial charge in [-0.25, -0.2) is 0 Å². The predicted octanol–water partition coefficient (Wildman–Crippen LogP) is 9.64. The smallest absolute Gasteiger partial charge is 0.143 e. The molecule has 0 spiro atoms. The van der Waals surface area contributed by atoms with E-state index in [1.54, 1.807) is 0 Å². The zero-order chi connectivity index (χ0) is 22.7. The molecule has 0 atom stereocenters. The van der Waals surface area contributed by atoms with Gasteiger partial charge in [0.25, 0.3) is 0 Å². The average Bonchev–Trinajstić information content (AvgIpc) is 3.57. The van der Waals surface area contributed by atoms with Crippen LogP contribution >= 0.6 is 11.3 Å². The molecule has 0 N–H and O–H groups in total. The molecule has 3 heterocycles. The lowest BCUT2D eigenvalue weighted by Gasteiger charge is -2.08. The first kappa shape index (κ1) is 18.0. The van der Waals surface area contributed by atoms with E-state index in [0.717, 1.165) is 16.6 Å². The Morgan fingerprint density at radius 1 is 0.543 bits per heavy atom. The molecule has 9 rings (SSSR count). The molecule has 35 heavy (non-hydrogen) atoms. The maximum atomic E-state index is 6.45. The monoisotopic (exact) mass is 463 g/mol. The highest BCUT2D eigenvalue weighted by Gasteiger charge is 2.23. The fourth-order valence-electron chi connectivity index (χ4n) is 6.09. The van der Waals surface area contributed by atoms with E-state index >= 15 is 0 Å². The second-order valence-corrected chi connectivity index (χ2v) is 10.4. The van der Waals surface area contributed by atoms with Gasteiger partial charge in [0.1, 0.15) is 11.2 Å². The minimum atomic E-state index is 0.938. The van der Waals surface area contributed by atoms with Gasteiger partial charge in [-0.3, -0.25) is 0 Å². The van der Waals surface area contributed by atoms with Gasteiger partial charge in [0.15, 0.2) is 0 Å². The third kappa shape index (κ3) is 2.15. The van der Waals surface area contributed by atoms with Crippen molar-refractivity contribution < 1.29 is 4.42 Å². The van der Waals surface area contributed by atoms with E-state index in [1.807, 2.05) is 17.4 Å². The first-order valence-corrected chi connectivity index (χ1v) is 12.7. The molecule has 2 nitrogen and oxygen atoms in total. The number of fused-ring (bicyclic) bond motifs is 8. The van der Waals surface area contributed by atoms with Gasteiger partial charge in [0, 0.05) is 58.2 Å². The van der Waals surface area contributed by atoms with Gasteiger partial charge in [-0.15, -0.1) is 11.3 Å². The van der Waals surface area contributed by atoms with E-state index in [0.29, 0.717) is 0 Å². The first-order valence-electron chi connectivity index (χ1n) is 11.9. The number of hydrogen-bond donors (Lipinski definition) is 0. The number of thiophene rings is 1. The summed E-state index contributed by atoms with van der Waals surface area (Å²) >= 11 is 1.89. The lowest BCUT2D eigenvalue weighted by atomic mass is 9.98. The van der Waals surface area contributed by atoms with Gasteiger partial charge < -0.3 is 8.98 Å². The van der Waals surface area contributed by atoms with Crippen LogP contribution in [-0.2, 0) is 0 Å². The topological polar surface area (TPSA) is 18.1 Å². The summed E-state index contributed by atoms with van der Waals surface area (Å²) in [5, 5.41) is 10.1. The number of benzene rings is 6. The highest BCUT2D eigenvalue weighted by atomic mass is 32.1. The van der Waals surface area contributed by atoms with Crippen molar-refractivity contribution in [3.05, 3.63) is 103 Å². The number of furan rings is 1. The molecule has 162 valence electrons. The van der Waals surface area contributed by atoms with Crippen molar-refractivity contribution in [3.8, 4) is 5.69 Å². The molecule has 0 bridgehead atoms. The minimum Gasteiger partial charge on any atom is -0.455 e. The Morgan fingerprint density at radius 3 is 2.11 bits per heavy atom. The van der Waals surface area contributed by atoms with Gasteiger partial charge >= 0.3 is 0 Å². The van der Waals surface area contributed by atoms with E-state index in [-0.39, 0.29) is 0 Å². The van der Waals surface area contributed by atoms with Crippen LogP contribution in [0.4, 0.5) is 0 Å². The number of para-hydroxylation sites is 2. The van der Waals surface area contributed by atoms with Gasteiger partial charge in [0.2, 0.25) is 0 Å². The van der Waals surface area contributed by atoms with E-state index in [2.05, 4.69) is 102 Å². The average molecular weight is 464 g/mol. The quantitative estimate of drug-likeness (QED) is 0.222. The zero-order valence-corrected chi connectivity index (χ0v) is 19.4. The largest absolute Gasteiger partial charge is 0.455 e. The predicted molar refractivity (Wildman–Crippen MR) is 150 cm³/mol. The molecule has 0 saturated carbocycles. The first-order chi connectivity index (χ1) is 17.4. The van der Waals surface area contributed by atoms with Crippen LogP contribution in [0.25, 0.3) is 80.4 Å². The van der Waals surface area contributed by atoms with Crippen molar-refractivity contribution in [3.63, 3.8) is 0 Å². The molecular weight excluding hydrogens is 446 g/mol. The van der Waals surface area contributed by atoms with Crippen molar-refractivity contribution >= 4 is 86.0 Å². The molecule has 6 aromatic carbocycles. The van der Waals surface area contributed by atoms with Gasteiger partial charge in [-0.1, -0.05) is 60.7 Å². The number of aromatic nitrogens is 1. The lowest BCUT2D eigenvalue weighted by molar-refractivity contribution is 0.673. The summed E-state index contributed by atoms with van der Waals surface area (Å²) in [7, 11) is 0. The number of hydrogen-bond acceptors (Lipinski definition) is 2. The minimum absolute atomic E-state index is 0.938. The van der Waals surface area contributed by atoms with E-state index < -0.39 is 0 Å². The van der Waals surface area contributed by atoms with Crippen molar-refractivity contribution in [2.75, 3.05) is 0 Å². The molecule has 0 aliphatic heterocycles. The molecule has 0 amide bonds. The normalized spacial score (nSPS) is 12.6. The number of nitrogens with zero attached hydrogens (tertiary/aromatic N) is 1. The molecule has 0 radical (unpaired) electrons. The summed E-state index contributed by atoms with van der Waals surface area (Å²) in [5.41, 5.74) is 5.57. The maximum Gasteiger partial charge on any atom is 0.143 e. The Bertz CT molecular complexity index is 2120. The molecule has 3 aromatic heterocycles. The Labute approximate surface area is 203 Å². The Morgan fingerprint density at radius 2 is 1.23 bits per heavy atom. The molecule has 0 aliphatic rings. The van der Waals surface area contributed by atoms with Crippen LogP contribution in [0, 0.1) is 0 Å². The highest BCUT2D eigenvalue weighted by Crippen LogP contribution is 2.48. The Kier molecular flexibility index (Phi) is 3.20. The van der Waals surface area contributed by atoms with Crippen LogP contribution < -0.4 is 0 Å². The summed E-state index contributed by atoms with van der Waals surface area (Å²) in [6, 6.07) is 37.2. The third-order valence-corrected chi connectivity index (χ3v) is 8.75. The summed E-state index contributed by atoms with van der Waals surface area (Å²) in [4.78, 5) is 0. The van der Waals surface area contributed by atoms with Gasteiger partial charge in [-0.2, -0.15) is 0 Å². The molecule has 0 aliphatic carbocycles. The molecular formula is C32H17NOS. The highest BCUT2D eigenvalue weighted by molar-refractivity contribution is 7.26. The molecule has 9 aromatic rings. The van der Waals surface area contributed by atoms with Crippen LogP contribution in [0.1, 0.15) is 0 Å². The standard InChI is InChI=1S/C32H17NOS/c1-2-8-18(9-3-1)33-25-16-23-19-10-4-6-12-27(19)34-31(23)21-14-15-22-30(29(21)25)26(33)17-24-20-11-5-7-13-28(20)35-32(22)24/h1-17H. The van der Waals surface area contributed by atoms with Crippen molar-refractivity contribution in [1.82, 2.24) is 4.57 Å². The van der Waals surface area contributed by atoms with E-state index in [4.69, 9.17) is 4.42 Å². The second-order valence-electron chi connectivity index (χ2n) is 9.32. The summed E-state index contributed by atoms with van der Waals surface area (Å²) in [6.45, 7) is 0. The molecule has 3 heteroatoms. The lowest BCUT2D eigenvalue weighted by Crippen LogP contribution is -1.93. The van der Waals surface area contributed by atoms with E-state index in [1.165, 1.54) is 63.8 Å². The molecule has 0 fully saturated rings. The van der Waals surface area contributed by atoms with Gasteiger partial charge in [0.05, 0.1) is 11.0 Å². The second kappa shape index (κ2) is 6.21. The Balaban J connectivity index is 1.61. The maximum absolute atomic E-state index is 6.45. The van der Waals surface area contributed by atoms with Gasteiger partial charge in [-0.05, 0) is 42.5 Å². The van der Waals surface area contributed by atoms with E-state index in [9.17, 15) is 0 Å². The third-order valence-electron chi connectivity index (χ3n) is 7.53.